The van der Waals surface area contributed by atoms with Crippen LogP contribution in [0.1, 0.15) is 52.5 Å². The molecule has 1 aliphatic carbocycles. The van der Waals surface area contributed by atoms with E-state index in [1.54, 1.807) is 24.3 Å². The van der Waals surface area contributed by atoms with Crippen LogP contribution in [0.2, 0.25) is 5.02 Å². The summed E-state index contributed by atoms with van der Waals surface area (Å²) in [6.07, 6.45) is 4.81. The second-order valence-corrected chi connectivity index (χ2v) is 11.1. The van der Waals surface area contributed by atoms with Gasteiger partial charge in [-0.15, -0.1) is 0 Å². The third-order valence-corrected chi connectivity index (χ3v) is 7.71. The van der Waals surface area contributed by atoms with E-state index < -0.39 is 23.2 Å². The molecule has 1 N–H and O–H groups in total. The van der Waals surface area contributed by atoms with Crippen LogP contribution in [0.3, 0.4) is 0 Å². The lowest BCUT2D eigenvalue weighted by atomic mass is 9.81. The molecule has 3 atom stereocenters. The third-order valence-electron chi connectivity index (χ3n) is 7.45. The van der Waals surface area contributed by atoms with Gasteiger partial charge in [0, 0.05) is 40.7 Å². The average molecular weight is 570 g/mol. The zero-order valence-electron chi connectivity index (χ0n) is 22.4. The fourth-order valence-corrected chi connectivity index (χ4v) is 5.48. The predicted octanol–water partition coefficient (Wildman–Crippen LogP) is 7.47. The lowest BCUT2D eigenvalue weighted by Crippen LogP contribution is -2.37. The first-order valence-electron chi connectivity index (χ1n) is 13.2. The number of fused-ring (bicyclic) bond motifs is 1. The Morgan fingerprint density at radius 2 is 1.80 bits per heavy atom. The minimum Gasteiger partial charge on any atom is -0.478 e. The molecule has 40 heavy (non-hydrogen) atoms. The number of rotatable bonds is 8. The van der Waals surface area contributed by atoms with Crippen LogP contribution in [0.5, 0.6) is 11.6 Å². The summed E-state index contributed by atoms with van der Waals surface area (Å²) in [5.74, 6) is -1.63. The molecule has 4 aromatic rings. The molecule has 210 valence electrons. The summed E-state index contributed by atoms with van der Waals surface area (Å²) in [5, 5.41) is 9.88. The van der Waals surface area contributed by atoms with Gasteiger partial charge in [0.2, 0.25) is 5.88 Å². The van der Waals surface area contributed by atoms with Gasteiger partial charge in [0.15, 0.2) is 17.2 Å². The average Bonchev–Trinajstić information content (AvgIpc) is 3.28. The quantitative estimate of drug-likeness (QED) is 0.237. The lowest BCUT2D eigenvalue weighted by Gasteiger charge is -2.37. The van der Waals surface area contributed by atoms with Crippen molar-refractivity contribution in [1.82, 2.24) is 14.5 Å². The van der Waals surface area contributed by atoms with E-state index in [1.165, 1.54) is 26.1 Å². The molecular formula is C30H30ClF2N3O4. The maximum atomic E-state index is 14.5. The normalized spacial score (nSPS) is 18.4. The molecule has 2 aromatic carbocycles. The molecule has 2 aromatic heterocycles. The van der Waals surface area contributed by atoms with E-state index in [0.717, 1.165) is 37.3 Å². The van der Waals surface area contributed by atoms with Crippen molar-refractivity contribution in [3.63, 3.8) is 0 Å². The molecule has 10 heteroatoms. The molecule has 0 amide bonds. The molecule has 0 aliphatic heterocycles. The fourth-order valence-electron chi connectivity index (χ4n) is 5.35. The highest BCUT2D eigenvalue weighted by Crippen LogP contribution is 2.42. The molecule has 0 bridgehead atoms. The first-order chi connectivity index (χ1) is 19.0. The van der Waals surface area contributed by atoms with Crippen molar-refractivity contribution in [2.24, 2.45) is 5.92 Å². The number of carboxylic acids is 1. The van der Waals surface area contributed by atoms with Gasteiger partial charge in [-0.3, -0.25) is 0 Å². The first-order valence-corrected chi connectivity index (χ1v) is 13.6. The number of pyridine rings is 1. The number of nitrogens with zero attached hydrogens (tertiary/aromatic N) is 3. The number of hydrogen-bond donors (Lipinski definition) is 1. The second-order valence-electron chi connectivity index (χ2n) is 10.7. The number of aromatic nitrogens is 3. The van der Waals surface area contributed by atoms with Crippen molar-refractivity contribution in [2.75, 3.05) is 0 Å². The molecule has 0 saturated heterocycles. The van der Waals surface area contributed by atoms with Crippen molar-refractivity contribution >= 4 is 28.6 Å². The molecule has 5 rings (SSSR count). The van der Waals surface area contributed by atoms with Crippen LogP contribution in [-0.2, 0) is 4.79 Å². The van der Waals surface area contributed by atoms with Gasteiger partial charge in [0.05, 0.1) is 17.2 Å². The van der Waals surface area contributed by atoms with Gasteiger partial charge in [-0.1, -0.05) is 24.4 Å². The van der Waals surface area contributed by atoms with E-state index in [0.29, 0.717) is 33.5 Å². The highest BCUT2D eigenvalue weighted by atomic mass is 35.5. The lowest BCUT2D eigenvalue weighted by molar-refractivity contribution is -0.152. The largest absolute Gasteiger partial charge is 0.478 e. The van der Waals surface area contributed by atoms with Crippen molar-refractivity contribution in [3.05, 3.63) is 71.4 Å². The maximum Gasteiger partial charge on any atom is 0.347 e. The van der Waals surface area contributed by atoms with E-state index in [-0.39, 0.29) is 18.1 Å². The summed E-state index contributed by atoms with van der Waals surface area (Å²) in [6, 6.07) is 12.8. The Hall–Kier alpha value is -3.72. The monoisotopic (exact) mass is 569 g/mol. The van der Waals surface area contributed by atoms with Gasteiger partial charge < -0.3 is 19.1 Å². The zero-order valence-corrected chi connectivity index (χ0v) is 23.2. The smallest absolute Gasteiger partial charge is 0.347 e. The fraction of sp³-hybridized carbons (Fsp3) is 0.367. The number of hydrogen-bond acceptors (Lipinski definition) is 5. The molecule has 0 spiro atoms. The Labute approximate surface area is 235 Å². The Morgan fingerprint density at radius 3 is 2.48 bits per heavy atom. The summed E-state index contributed by atoms with van der Waals surface area (Å²) in [7, 11) is 0. The van der Waals surface area contributed by atoms with Crippen LogP contribution in [0.25, 0.3) is 22.4 Å². The summed E-state index contributed by atoms with van der Waals surface area (Å²) < 4.78 is 42.5. The number of carboxylic acid groups (broad SMARTS) is 1. The van der Waals surface area contributed by atoms with Gasteiger partial charge in [-0.2, -0.15) is 0 Å². The van der Waals surface area contributed by atoms with Gasteiger partial charge in [0.1, 0.15) is 17.7 Å². The number of benzene rings is 2. The van der Waals surface area contributed by atoms with Crippen LogP contribution >= 0.6 is 11.6 Å². The summed E-state index contributed by atoms with van der Waals surface area (Å²) in [4.78, 5) is 20.4. The minimum atomic E-state index is -1.40. The van der Waals surface area contributed by atoms with Gasteiger partial charge in [-0.25, -0.2) is 23.5 Å². The van der Waals surface area contributed by atoms with Crippen molar-refractivity contribution < 1.29 is 28.2 Å². The van der Waals surface area contributed by atoms with Crippen LogP contribution in [0.15, 0.2) is 54.7 Å². The molecule has 2 heterocycles. The maximum absolute atomic E-state index is 14.5. The Morgan fingerprint density at radius 1 is 1.10 bits per heavy atom. The Balaban J connectivity index is 1.46. The van der Waals surface area contributed by atoms with Crippen molar-refractivity contribution in [2.45, 2.75) is 64.2 Å². The number of aliphatic carboxylic acids is 1. The molecule has 7 nitrogen and oxygen atoms in total. The molecule has 0 radical (unpaired) electrons. The highest BCUT2D eigenvalue weighted by molar-refractivity contribution is 6.30. The second kappa shape index (κ2) is 11.0. The molecule has 1 aliphatic rings. The Kier molecular flexibility index (Phi) is 7.68. The number of imidazole rings is 1. The van der Waals surface area contributed by atoms with Gasteiger partial charge in [0.25, 0.3) is 0 Å². The van der Waals surface area contributed by atoms with Crippen molar-refractivity contribution in [3.8, 4) is 23.0 Å². The number of carbonyl (C=O) groups is 1. The molecular weight excluding hydrogens is 540 g/mol. The van der Waals surface area contributed by atoms with E-state index in [9.17, 15) is 18.7 Å². The zero-order chi connectivity index (χ0) is 28.6. The van der Waals surface area contributed by atoms with E-state index >= 15 is 0 Å². The van der Waals surface area contributed by atoms with Gasteiger partial charge in [-0.05, 0) is 63.9 Å². The third kappa shape index (κ3) is 5.61. The van der Waals surface area contributed by atoms with Gasteiger partial charge >= 0.3 is 5.97 Å². The van der Waals surface area contributed by atoms with Crippen LogP contribution < -0.4 is 9.47 Å². The van der Waals surface area contributed by atoms with Crippen molar-refractivity contribution in [1.29, 1.82) is 0 Å². The predicted molar refractivity (Wildman–Crippen MR) is 148 cm³/mol. The van der Waals surface area contributed by atoms with E-state index in [2.05, 4.69) is 4.98 Å². The van der Waals surface area contributed by atoms with Crippen LogP contribution in [0, 0.1) is 17.6 Å². The van der Waals surface area contributed by atoms with E-state index in [4.69, 9.17) is 26.1 Å². The summed E-state index contributed by atoms with van der Waals surface area (Å²) >= 11 is 6.12. The minimum absolute atomic E-state index is 0.0222. The molecule has 1 saturated carbocycles. The topological polar surface area (TPSA) is 86.5 Å². The Bertz CT molecular complexity index is 1520. The number of ether oxygens (including phenoxy) is 2. The highest BCUT2D eigenvalue weighted by Gasteiger charge is 2.35. The summed E-state index contributed by atoms with van der Waals surface area (Å²) in [6.45, 7) is 4.90. The molecule has 3 unspecified atom stereocenters. The standard InChI is InChI=1S/C30H30ClF2N3O4/c1-17(39-27-13-12-20(16-34-27)40-30(2,3)29(37)38)21-6-4-5-7-25(21)36-26-15-23(33)22(32)14-24(26)35-28(36)18-8-10-19(31)11-9-18/h8-17,21,25H,4-7H2,1-3H3,(H,37,38). The first kappa shape index (κ1) is 27.8. The summed E-state index contributed by atoms with van der Waals surface area (Å²) in [5.41, 5.74) is 0.294. The molecule has 1 fully saturated rings. The number of halogens is 3. The van der Waals surface area contributed by atoms with Crippen LogP contribution in [0.4, 0.5) is 8.78 Å². The SMILES string of the molecule is CC(Oc1ccc(OC(C)(C)C(=O)O)cn1)C1CCCCC1n1c(-c2ccc(Cl)cc2)nc2cc(F)c(F)cc21. The van der Waals surface area contributed by atoms with Crippen LogP contribution in [-0.4, -0.2) is 37.3 Å². The van der Waals surface area contributed by atoms with E-state index in [1.807, 2.05) is 23.6 Å².